The monoisotopic (exact) mass is 268 g/mol. The summed E-state index contributed by atoms with van der Waals surface area (Å²) in [4.78, 5) is 26.7. The van der Waals surface area contributed by atoms with Gasteiger partial charge in [0.05, 0.1) is 0 Å². The summed E-state index contributed by atoms with van der Waals surface area (Å²) in [5.74, 6) is -0.673. The quantitative estimate of drug-likeness (QED) is 0.853. The van der Waals surface area contributed by atoms with Crippen molar-refractivity contribution < 1.29 is 18.7 Å². The Kier molecular flexibility index (Phi) is 4.24. The SMILES string of the molecule is CC(C)(C)OC(=O)NC(C)(C=O)c1ncccc1F. The van der Waals surface area contributed by atoms with Gasteiger partial charge in [-0.2, -0.15) is 0 Å². The van der Waals surface area contributed by atoms with Crippen molar-refractivity contribution in [1.82, 2.24) is 10.3 Å². The van der Waals surface area contributed by atoms with Gasteiger partial charge in [-0.3, -0.25) is 4.98 Å². The number of hydrogen-bond acceptors (Lipinski definition) is 4. The van der Waals surface area contributed by atoms with Crippen LogP contribution in [0.15, 0.2) is 18.3 Å². The zero-order valence-electron chi connectivity index (χ0n) is 11.4. The van der Waals surface area contributed by atoms with E-state index in [1.54, 1.807) is 20.8 Å². The van der Waals surface area contributed by atoms with Gasteiger partial charge >= 0.3 is 6.09 Å². The Hall–Kier alpha value is -1.98. The molecule has 0 aliphatic heterocycles. The van der Waals surface area contributed by atoms with Crippen molar-refractivity contribution in [2.75, 3.05) is 0 Å². The maximum Gasteiger partial charge on any atom is 0.408 e. The van der Waals surface area contributed by atoms with Crippen molar-refractivity contribution in [3.8, 4) is 0 Å². The van der Waals surface area contributed by atoms with Crippen molar-refractivity contribution in [3.63, 3.8) is 0 Å². The van der Waals surface area contributed by atoms with Crippen LogP contribution in [0.4, 0.5) is 9.18 Å². The summed E-state index contributed by atoms with van der Waals surface area (Å²) in [7, 11) is 0. The van der Waals surface area contributed by atoms with Gasteiger partial charge in [0.15, 0.2) is 6.29 Å². The first-order valence-corrected chi connectivity index (χ1v) is 5.76. The van der Waals surface area contributed by atoms with E-state index in [1.807, 2.05) is 0 Å². The second-order valence-electron chi connectivity index (χ2n) is 5.28. The lowest BCUT2D eigenvalue weighted by Gasteiger charge is -2.27. The molecular weight excluding hydrogens is 251 g/mol. The van der Waals surface area contributed by atoms with Gasteiger partial charge in [0.1, 0.15) is 22.7 Å². The molecule has 0 aliphatic carbocycles. The van der Waals surface area contributed by atoms with Crippen LogP contribution < -0.4 is 5.32 Å². The largest absolute Gasteiger partial charge is 0.444 e. The Bertz CT molecular complexity index is 485. The third kappa shape index (κ3) is 4.01. The fourth-order valence-corrected chi connectivity index (χ4v) is 1.43. The van der Waals surface area contributed by atoms with Gasteiger partial charge in [0.25, 0.3) is 0 Å². The lowest BCUT2D eigenvalue weighted by Crippen LogP contribution is -2.48. The molecule has 0 radical (unpaired) electrons. The number of nitrogens with zero attached hydrogens (tertiary/aromatic N) is 1. The van der Waals surface area contributed by atoms with Crippen LogP contribution in [0.2, 0.25) is 0 Å². The summed E-state index contributed by atoms with van der Waals surface area (Å²) in [6, 6.07) is 2.57. The van der Waals surface area contributed by atoms with Gasteiger partial charge in [-0.1, -0.05) is 0 Å². The summed E-state index contributed by atoms with van der Waals surface area (Å²) in [5, 5.41) is 2.33. The lowest BCUT2D eigenvalue weighted by atomic mass is 9.99. The minimum atomic E-state index is -1.58. The normalized spacial score (nSPS) is 14.4. The molecule has 1 amide bonds. The van der Waals surface area contributed by atoms with E-state index in [1.165, 1.54) is 25.3 Å². The van der Waals surface area contributed by atoms with Gasteiger partial charge < -0.3 is 14.8 Å². The fourth-order valence-electron chi connectivity index (χ4n) is 1.43. The smallest absolute Gasteiger partial charge is 0.408 e. The second kappa shape index (κ2) is 5.34. The average Bonchev–Trinajstić information content (AvgIpc) is 2.26. The highest BCUT2D eigenvalue weighted by molar-refractivity contribution is 5.77. The number of amides is 1. The van der Waals surface area contributed by atoms with Crippen LogP contribution in [0.25, 0.3) is 0 Å². The number of carbonyl (C=O) groups excluding carboxylic acids is 2. The molecule has 1 rings (SSSR count). The summed E-state index contributed by atoms with van der Waals surface area (Å²) in [6.07, 6.45) is 0.950. The van der Waals surface area contributed by atoms with Crippen LogP contribution in [0, 0.1) is 5.82 Å². The van der Waals surface area contributed by atoms with Crippen LogP contribution >= 0.6 is 0 Å². The number of aldehydes is 1. The number of pyridine rings is 1. The highest BCUT2D eigenvalue weighted by atomic mass is 19.1. The minimum Gasteiger partial charge on any atom is -0.444 e. The van der Waals surface area contributed by atoms with Crippen molar-refractivity contribution in [3.05, 3.63) is 29.8 Å². The van der Waals surface area contributed by atoms with E-state index in [0.29, 0.717) is 6.29 Å². The van der Waals surface area contributed by atoms with E-state index in [0.717, 1.165) is 0 Å². The molecule has 0 aliphatic rings. The second-order valence-corrected chi connectivity index (χ2v) is 5.28. The topological polar surface area (TPSA) is 68.3 Å². The van der Waals surface area contributed by atoms with E-state index in [4.69, 9.17) is 4.74 Å². The van der Waals surface area contributed by atoms with Crippen LogP contribution in [0.5, 0.6) is 0 Å². The maximum absolute atomic E-state index is 13.6. The Morgan fingerprint density at radius 1 is 1.42 bits per heavy atom. The van der Waals surface area contributed by atoms with Gasteiger partial charge in [0, 0.05) is 6.20 Å². The van der Waals surface area contributed by atoms with Gasteiger partial charge in [-0.05, 0) is 39.8 Å². The Labute approximate surface area is 111 Å². The Balaban J connectivity index is 2.97. The standard InChI is InChI=1S/C13H17FN2O3/c1-12(2,3)19-11(18)16-13(4,8-17)10-9(14)6-5-7-15-10/h5-8H,1-4H3,(H,16,18). The molecule has 0 saturated heterocycles. The van der Waals surface area contributed by atoms with Gasteiger partial charge in [0.2, 0.25) is 0 Å². The molecule has 0 saturated carbocycles. The Morgan fingerprint density at radius 2 is 2.05 bits per heavy atom. The molecule has 104 valence electrons. The molecule has 5 nitrogen and oxygen atoms in total. The number of rotatable bonds is 3. The first kappa shape index (κ1) is 15.1. The molecule has 1 N–H and O–H groups in total. The molecule has 0 bridgehead atoms. The van der Waals surface area contributed by atoms with Gasteiger partial charge in [-0.15, -0.1) is 0 Å². The zero-order chi connectivity index (χ0) is 14.7. The highest BCUT2D eigenvalue weighted by Crippen LogP contribution is 2.20. The van der Waals surface area contributed by atoms with E-state index < -0.39 is 23.1 Å². The third-order valence-electron chi connectivity index (χ3n) is 2.25. The first-order valence-electron chi connectivity index (χ1n) is 5.76. The number of alkyl carbamates (subject to hydrolysis) is 1. The number of hydrogen-bond donors (Lipinski definition) is 1. The minimum absolute atomic E-state index is 0.157. The summed E-state index contributed by atoms with van der Waals surface area (Å²) in [6.45, 7) is 6.42. The lowest BCUT2D eigenvalue weighted by molar-refractivity contribution is -0.113. The molecule has 0 aromatic carbocycles. The van der Waals surface area contributed by atoms with Crippen molar-refractivity contribution in [1.29, 1.82) is 0 Å². The predicted molar refractivity (Wildman–Crippen MR) is 67.0 cm³/mol. The first-order chi connectivity index (χ1) is 8.68. The number of aromatic nitrogens is 1. The van der Waals surface area contributed by atoms with E-state index in [2.05, 4.69) is 10.3 Å². The zero-order valence-corrected chi connectivity index (χ0v) is 11.4. The molecular formula is C13H17FN2O3. The number of carbonyl (C=O) groups is 2. The summed E-state index contributed by atoms with van der Waals surface area (Å²) in [5.41, 5.74) is -2.44. The van der Waals surface area contributed by atoms with Crippen molar-refractivity contribution in [2.45, 2.75) is 38.8 Å². The van der Waals surface area contributed by atoms with E-state index in [9.17, 15) is 14.0 Å². The van der Waals surface area contributed by atoms with Crippen molar-refractivity contribution in [2.24, 2.45) is 0 Å². The number of ether oxygens (including phenoxy) is 1. The number of nitrogens with one attached hydrogen (secondary N) is 1. The maximum atomic E-state index is 13.6. The summed E-state index contributed by atoms with van der Waals surface area (Å²) < 4.78 is 18.7. The van der Waals surface area contributed by atoms with E-state index in [-0.39, 0.29) is 5.69 Å². The van der Waals surface area contributed by atoms with Crippen molar-refractivity contribution >= 4 is 12.4 Å². The molecule has 1 aromatic heterocycles. The van der Waals surface area contributed by atoms with Crippen LogP contribution in [-0.2, 0) is 15.1 Å². The van der Waals surface area contributed by atoms with Crippen LogP contribution in [-0.4, -0.2) is 23.0 Å². The summed E-state index contributed by atoms with van der Waals surface area (Å²) >= 11 is 0. The molecule has 1 aromatic rings. The molecule has 1 atom stereocenters. The van der Waals surface area contributed by atoms with E-state index >= 15 is 0 Å². The van der Waals surface area contributed by atoms with Crippen LogP contribution in [0.1, 0.15) is 33.4 Å². The molecule has 1 heterocycles. The molecule has 6 heteroatoms. The fraction of sp³-hybridized carbons (Fsp3) is 0.462. The Morgan fingerprint density at radius 3 is 2.53 bits per heavy atom. The molecule has 0 spiro atoms. The molecule has 1 unspecified atom stereocenters. The number of halogens is 1. The van der Waals surface area contributed by atoms with Crippen LogP contribution in [0.3, 0.4) is 0 Å². The molecule has 19 heavy (non-hydrogen) atoms. The third-order valence-corrected chi connectivity index (χ3v) is 2.25. The molecule has 0 fully saturated rings. The average molecular weight is 268 g/mol. The predicted octanol–water partition coefficient (Wildman–Crippen LogP) is 2.16. The van der Waals surface area contributed by atoms with Gasteiger partial charge in [-0.25, -0.2) is 9.18 Å². The highest BCUT2D eigenvalue weighted by Gasteiger charge is 2.34.